The van der Waals surface area contributed by atoms with Gasteiger partial charge in [-0.25, -0.2) is 0 Å². The van der Waals surface area contributed by atoms with Gasteiger partial charge in [0.05, 0.1) is 15.9 Å². The van der Waals surface area contributed by atoms with Gasteiger partial charge in [-0.1, -0.05) is 37.3 Å². The second kappa shape index (κ2) is 5.93. The molecule has 3 rings (SSSR count). The lowest BCUT2D eigenvalue weighted by Crippen LogP contribution is -2.58. The molecule has 1 N–H and O–H groups in total. The third-order valence-electron chi connectivity index (χ3n) is 4.51. The highest BCUT2D eigenvalue weighted by Gasteiger charge is 2.40. The lowest BCUT2D eigenvalue weighted by atomic mass is 9.72. The molecule has 0 unspecified atom stereocenters. The van der Waals surface area contributed by atoms with Gasteiger partial charge in [-0.2, -0.15) is 5.10 Å². The second-order valence-corrected chi connectivity index (χ2v) is 6.60. The van der Waals surface area contributed by atoms with E-state index >= 15 is 0 Å². The van der Waals surface area contributed by atoms with Gasteiger partial charge in [0.25, 0.3) is 0 Å². The van der Waals surface area contributed by atoms with Gasteiger partial charge >= 0.3 is 0 Å². The molecule has 1 aliphatic heterocycles. The number of hydrogen-bond donors (Lipinski definition) is 1. The summed E-state index contributed by atoms with van der Waals surface area (Å²) in [5.41, 5.74) is 4.14. The van der Waals surface area contributed by atoms with Crippen molar-refractivity contribution < 1.29 is 0 Å². The molecular formula is C17H22BrN3. The number of rotatable bonds is 5. The largest absolute Gasteiger partial charge is 0.315 e. The maximum absolute atomic E-state index is 4.73. The van der Waals surface area contributed by atoms with E-state index in [9.17, 15) is 0 Å². The Morgan fingerprint density at radius 2 is 1.95 bits per heavy atom. The summed E-state index contributed by atoms with van der Waals surface area (Å²) in [5.74, 6) is 0. The monoisotopic (exact) mass is 347 g/mol. The van der Waals surface area contributed by atoms with Crippen LogP contribution in [0.4, 0.5) is 0 Å². The van der Waals surface area contributed by atoms with Crippen molar-refractivity contribution in [1.82, 2.24) is 15.1 Å². The number of halogens is 1. The van der Waals surface area contributed by atoms with Crippen molar-refractivity contribution in [2.24, 2.45) is 0 Å². The Morgan fingerprint density at radius 1 is 1.24 bits per heavy atom. The van der Waals surface area contributed by atoms with Crippen molar-refractivity contribution in [2.75, 3.05) is 13.1 Å². The first kappa shape index (κ1) is 14.8. The lowest BCUT2D eigenvalue weighted by molar-refractivity contribution is 0.268. The molecule has 1 fully saturated rings. The Labute approximate surface area is 134 Å². The van der Waals surface area contributed by atoms with Crippen molar-refractivity contribution in [2.45, 2.75) is 38.6 Å². The smallest absolute Gasteiger partial charge is 0.0766 e. The minimum Gasteiger partial charge on any atom is -0.315 e. The first-order chi connectivity index (χ1) is 10.2. The lowest BCUT2D eigenvalue weighted by Gasteiger charge is -2.43. The molecule has 1 aliphatic rings. The van der Waals surface area contributed by atoms with Gasteiger partial charge in [0, 0.05) is 31.5 Å². The van der Waals surface area contributed by atoms with Crippen molar-refractivity contribution in [3.63, 3.8) is 0 Å². The van der Waals surface area contributed by atoms with Crippen LogP contribution < -0.4 is 5.32 Å². The summed E-state index contributed by atoms with van der Waals surface area (Å²) in [6.45, 7) is 7.33. The van der Waals surface area contributed by atoms with Gasteiger partial charge in [0.2, 0.25) is 0 Å². The van der Waals surface area contributed by atoms with E-state index in [2.05, 4.69) is 70.1 Å². The van der Waals surface area contributed by atoms with Gasteiger partial charge in [0.15, 0.2) is 0 Å². The molecule has 0 spiro atoms. The van der Waals surface area contributed by atoms with E-state index < -0.39 is 0 Å². The molecule has 3 nitrogen and oxygen atoms in total. The topological polar surface area (TPSA) is 29.9 Å². The molecule has 2 heterocycles. The Hall–Kier alpha value is -1.13. The third-order valence-corrected chi connectivity index (χ3v) is 5.43. The standard InChI is InChI=1S/C17H22BrN3/c1-3-14-16(18)15(21(4-2)20-14)10-17(11-19-12-17)13-8-6-5-7-9-13/h5-9,19H,3-4,10-12H2,1-2H3. The number of hydrogen-bond acceptors (Lipinski definition) is 2. The highest BCUT2D eigenvalue weighted by Crippen LogP contribution is 2.35. The van der Waals surface area contributed by atoms with Gasteiger partial charge < -0.3 is 5.32 Å². The zero-order valence-electron chi connectivity index (χ0n) is 12.7. The molecule has 112 valence electrons. The quantitative estimate of drug-likeness (QED) is 0.899. The summed E-state index contributed by atoms with van der Waals surface area (Å²) in [6.07, 6.45) is 2.00. The van der Waals surface area contributed by atoms with Crippen LogP contribution in [0.15, 0.2) is 34.8 Å². The number of nitrogens with one attached hydrogen (secondary N) is 1. The van der Waals surface area contributed by atoms with Crippen LogP contribution >= 0.6 is 15.9 Å². The summed E-state index contributed by atoms with van der Waals surface area (Å²) in [7, 11) is 0. The summed E-state index contributed by atoms with van der Waals surface area (Å²) in [6, 6.07) is 10.9. The Morgan fingerprint density at radius 3 is 2.48 bits per heavy atom. The minimum atomic E-state index is 0.210. The molecule has 1 saturated heterocycles. The van der Waals surface area contributed by atoms with Crippen LogP contribution in [0.2, 0.25) is 0 Å². The number of nitrogens with zero attached hydrogens (tertiary/aromatic N) is 2. The van der Waals surface area contributed by atoms with Crippen molar-refractivity contribution in [3.05, 3.63) is 51.8 Å². The molecule has 1 aromatic carbocycles. The van der Waals surface area contributed by atoms with Gasteiger partial charge in [-0.3, -0.25) is 4.68 Å². The maximum atomic E-state index is 4.73. The van der Waals surface area contributed by atoms with E-state index in [-0.39, 0.29) is 5.41 Å². The molecule has 21 heavy (non-hydrogen) atoms. The van der Waals surface area contributed by atoms with Crippen molar-refractivity contribution in [1.29, 1.82) is 0 Å². The Balaban J connectivity index is 1.97. The van der Waals surface area contributed by atoms with E-state index in [0.29, 0.717) is 0 Å². The molecule has 0 saturated carbocycles. The molecular weight excluding hydrogens is 326 g/mol. The van der Waals surface area contributed by atoms with E-state index in [4.69, 9.17) is 5.10 Å². The highest BCUT2D eigenvalue weighted by atomic mass is 79.9. The fourth-order valence-corrected chi connectivity index (χ4v) is 3.86. The second-order valence-electron chi connectivity index (χ2n) is 5.80. The predicted molar refractivity (Wildman–Crippen MR) is 89.7 cm³/mol. The van der Waals surface area contributed by atoms with Crippen LogP contribution in [-0.4, -0.2) is 22.9 Å². The number of aryl methyl sites for hydroxylation is 2. The van der Waals surface area contributed by atoms with Crippen LogP contribution in [0, 0.1) is 0 Å². The first-order valence-corrected chi connectivity index (χ1v) is 8.50. The molecule has 0 bridgehead atoms. The molecule has 4 heteroatoms. The van der Waals surface area contributed by atoms with Gasteiger partial charge in [-0.05, 0) is 34.8 Å². The van der Waals surface area contributed by atoms with E-state index in [0.717, 1.165) is 32.5 Å². The Bertz CT molecular complexity index is 614. The molecule has 2 aromatic rings. The zero-order chi connectivity index (χ0) is 14.9. The van der Waals surface area contributed by atoms with Crippen molar-refractivity contribution >= 4 is 15.9 Å². The van der Waals surface area contributed by atoms with Crippen LogP contribution in [0.25, 0.3) is 0 Å². The fraction of sp³-hybridized carbons (Fsp3) is 0.471. The van der Waals surface area contributed by atoms with Crippen LogP contribution in [0.1, 0.15) is 30.8 Å². The minimum absolute atomic E-state index is 0.210. The number of aromatic nitrogens is 2. The van der Waals surface area contributed by atoms with E-state index in [1.807, 2.05) is 0 Å². The SMILES string of the molecule is CCc1nn(CC)c(CC2(c3ccccc3)CNC2)c1Br. The van der Waals surface area contributed by atoms with E-state index in [1.165, 1.54) is 21.4 Å². The summed E-state index contributed by atoms with van der Waals surface area (Å²) >= 11 is 3.78. The normalized spacial score (nSPS) is 16.7. The van der Waals surface area contributed by atoms with Gasteiger partial charge in [-0.15, -0.1) is 0 Å². The molecule has 1 aromatic heterocycles. The van der Waals surface area contributed by atoms with Crippen LogP contribution in [-0.2, 0) is 24.8 Å². The maximum Gasteiger partial charge on any atom is 0.0766 e. The molecule has 0 aliphatic carbocycles. The highest BCUT2D eigenvalue weighted by molar-refractivity contribution is 9.10. The molecule has 0 radical (unpaired) electrons. The van der Waals surface area contributed by atoms with E-state index in [1.54, 1.807) is 0 Å². The third kappa shape index (κ3) is 2.55. The van der Waals surface area contributed by atoms with Crippen LogP contribution in [0.3, 0.4) is 0 Å². The van der Waals surface area contributed by atoms with Crippen LogP contribution in [0.5, 0.6) is 0 Å². The average molecular weight is 348 g/mol. The fourth-order valence-electron chi connectivity index (χ4n) is 3.16. The molecule has 0 amide bonds. The zero-order valence-corrected chi connectivity index (χ0v) is 14.3. The first-order valence-electron chi connectivity index (χ1n) is 7.70. The van der Waals surface area contributed by atoms with Gasteiger partial charge in [0.1, 0.15) is 0 Å². The molecule has 0 atom stereocenters. The Kier molecular flexibility index (Phi) is 4.18. The average Bonchev–Trinajstić information content (AvgIpc) is 2.79. The summed E-state index contributed by atoms with van der Waals surface area (Å²) in [5, 5.41) is 8.19. The number of benzene rings is 1. The predicted octanol–water partition coefficient (Wildman–Crippen LogP) is 3.31. The summed E-state index contributed by atoms with van der Waals surface area (Å²) < 4.78 is 3.36. The summed E-state index contributed by atoms with van der Waals surface area (Å²) in [4.78, 5) is 0. The van der Waals surface area contributed by atoms with Crippen molar-refractivity contribution in [3.8, 4) is 0 Å².